The lowest BCUT2D eigenvalue weighted by Crippen LogP contribution is -2.36. The van der Waals surface area contributed by atoms with Gasteiger partial charge in [0.05, 0.1) is 6.10 Å². The van der Waals surface area contributed by atoms with Crippen LogP contribution in [0.1, 0.15) is 26.7 Å². The second-order valence-corrected chi connectivity index (χ2v) is 4.61. The van der Waals surface area contributed by atoms with Gasteiger partial charge >= 0.3 is 0 Å². The first-order valence-corrected chi connectivity index (χ1v) is 6.31. The molecule has 1 N–H and O–H groups in total. The third-order valence-electron chi connectivity index (χ3n) is 2.24. The average molecular weight is 219 g/mol. The van der Waals surface area contributed by atoms with Crippen molar-refractivity contribution in [1.82, 2.24) is 4.90 Å². The summed E-state index contributed by atoms with van der Waals surface area (Å²) in [5, 5.41) is 9.05. The molecule has 0 aliphatic rings. The predicted octanol–water partition coefficient (Wildman–Crippen LogP) is 1.36. The van der Waals surface area contributed by atoms with Crippen LogP contribution in [0.4, 0.5) is 0 Å². The quantitative estimate of drug-likeness (QED) is 0.733. The summed E-state index contributed by atoms with van der Waals surface area (Å²) in [6, 6.07) is 0.270. The zero-order chi connectivity index (χ0) is 11.1. The molecule has 0 heterocycles. The molecule has 0 aliphatic carbocycles. The van der Waals surface area contributed by atoms with Crippen LogP contribution in [0.15, 0.2) is 0 Å². The Bertz CT molecular complexity index is 174. The maximum absolute atomic E-state index is 11.6. The lowest BCUT2D eigenvalue weighted by molar-refractivity contribution is -0.131. The van der Waals surface area contributed by atoms with E-state index in [-0.39, 0.29) is 18.1 Å². The summed E-state index contributed by atoms with van der Waals surface area (Å²) in [6.45, 7) is 3.75. The van der Waals surface area contributed by atoms with Gasteiger partial charge in [0.15, 0.2) is 0 Å². The van der Waals surface area contributed by atoms with Gasteiger partial charge in [0, 0.05) is 25.3 Å². The standard InChI is InChI=1S/C10H21NO2S/c1-8(7-14-4)11(3)10(13)6-5-9(2)12/h8-9,12H,5-7H2,1-4H3. The number of aliphatic hydroxyl groups excluding tert-OH is 1. The van der Waals surface area contributed by atoms with Crippen LogP contribution in [-0.4, -0.2) is 47.1 Å². The zero-order valence-electron chi connectivity index (χ0n) is 9.49. The first-order chi connectivity index (χ1) is 6.49. The summed E-state index contributed by atoms with van der Waals surface area (Å²) >= 11 is 1.74. The van der Waals surface area contributed by atoms with Crippen molar-refractivity contribution in [2.45, 2.75) is 38.8 Å². The first-order valence-electron chi connectivity index (χ1n) is 4.91. The van der Waals surface area contributed by atoms with E-state index in [1.54, 1.807) is 23.6 Å². The molecule has 84 valence electrons. The molecule has 2 unspecified atom stereocenters. The molecule has 0 saturated heterocycles. The van der Waals surface area contributed by atoms with Crippen molar-refractivity contribution in [3.8, 4) is 0 Å². The van der Waals surface area contributed by atoms with Crippen LogP contribution in [0.5, 0.6) is 0 Å². The SMILES string of the molecule is CSCC(C)N(C)C(=O)CCC(C)O. The van der Waals surface area contributed by atoms with Crippen molar-refractivity contribution in [1.29, 1.82) is 0 Å². The number of thioether (sulfide) groups is 1. The number of carbonyl (C=O) groups is 1. The fourth-order valence-electron chi connectivity index (χ4n) is 1.11. The van der Waals surface area contributed by atoms with Crippen molar-refractivity contribution < 1.29 is 9.90 Å². The van der Waals surface area contributed by atoms with Crippen molar-refractivity contribution in [3.05, 3.63) is 0 Å². The number of hydrogen-bond donors (Lipinski definition) is 1. The molecule has 0 aliphatic heterocycles. The van der Waals surface area contributed by atoms with Crippen LogP contribution in [0.25, 0.3) is 0 Å². The Labute approximate surface area is 90.9 Å². The Morgan fingerprint density at radius 1 is 1.50 bits per heavy atom. The number of rotatable bonds is 6. The molecule has 0 spiro atoms. The molecule has 0 rings (SSSR count). The van der Waals surface area contributed by atoms with Gasteiger partial charge in [-0.2, -0.15) is 11.8 Å². The first kappa shape index (κ1) is 13.8. The van der Waals surface area contributed by atoms with E-state index in [0.717, 1.165) is 5.75 Å². The Balaban J connectivity index is 3.86. The van der Waals surface area contributed by atoms with E-state index >= 15 is 0 Å². The smallest absolute Gasteiger partial charge is 0.222 e. The maximum Gasteiger partial charge on any atom is 0.222 e. The summed E-state index contributed by atoms with van der Waals surface area (Å²) < 4.78 is 0. The van der Waals surface area contributed by atoms with Crippen LogP contribution in [0.2, 0.25) is 0 Å². The number of amides is 1. The van der Waals surface area contributed by atoms with Crippen molar-refractivity contribution >= 4 is 17.7 Å². The summed E-state index contributed by atoms with van der Waals surface area (Å²) in [5.41, 5.74) is 0. The molecule has 0 saturated carbocycles. The molecule has 1 amide bonds. The van der Waals surface area contributed by atoms with E-state index in [1.807, 2.05) is 20.2 Å². The highest BCUT2D eigenvalue weighted by Crippen LogP contribution is 2.07. The van der Waals surface area contributed by atoms with E-state index < -0.39 is 0 Å². The molecule has 3 nitrogen and oxygen atoms in total. The molecule has 4 heteroatoms. The van der Waals surface area contributed by atoms with Gasteiger partial charge in [-0.25, -0.2) is 0 Å². The number of nitrogens with zero attached hydrogens (tertiary/aromatic N) is 1. The minimum Gasteiger partial charge on any atom is -0.393 e. The Hall–Kier alpha value is -0.220. The fourth-order valence-corrected chi connectivity index (χ4v) is 1.81. The van der Waals surface area contributed by atoms with E-state index in [9.17, 15) is 4.79 Å². The molecular formula is C10H21NO2S. The van der Waals surface area contributed by atoms with Crippen LogP contribution in [0, 0.1) is 0 Å². The number of aliphatic hydroxyl groups is 1. The van der Waals surface area contributed by atoms with Gasteiger partial charge < -0.3 is 10.0 Å². The second kappa shape index (κ2) is 7.12. The van der Waals surface area contributed by atoms with Crippen LogP contribution < -0.4 is 0 Å². The van der Waals surface area contributed by atoms with E-state index in [4.69, 9.17) is 5.11 Å². The highest BCUT2D eigenvalue weighted by atomic mass is 32.2. The zero-order valence-corrected chi connectivity index (χ0v) is 10.3. The fraction of sp³-hybridized carbons (Fsp3) is 0.900. The third kappa shape index (κ3) is 5.50. The van der Waals surface area contributed by atoms with Gasteiger partial charge in [0.1, 0.15) is 0 Å². The van der Waals surface area contributed by atoms with E-state index in [1.165, 1.54) is 0 Å². The van der Waals surface area contributed by atoms with Crippen molar-refractivity contribution in [2.75, 3.05) is 19.1 Å². The lowest BCUT2D eigenvalue weighted by atomic mass is 10.2. The van der Waals surface area contributed by atoms with E-state index in [0.29, 0.717) is 12.8 Å². The molecule has 14 heavy (non-hydrogen) atoms. The largest absolute Gasteiger partial charge is 0.393 e. The molecular weight excluding hydrogens is 198 g/mol. The highest BCUT2D eigenvalue weighted by Gasteiger charge is 2.15. The summed E-state index contributed by atoms with van der Waals surface area (Å²) in [6.07, 6.45) is 2.63. The molecule has 0 aromatic rings. The minimum absolute atomic E-state index is 0.118. The molecule has 0 bridgehead atoms. The highest BCUT2D eigenvalue weighted by molar-refractivity contribution is 7.98. The predicted molar refractivity (Wildman–Crippen MR) is 61.5 cm³/mol. The van der Waals surface area contributed by atoms with Crippen LogP contribution in [0.3, 0.4) is 0 Å². The van der Waals surface area contributed by atoms with Gasteiger partial charge in [-0.05, 0) is 26.5 Å². The van der Waals surface area contributed by atoms with Crippen LogP contribution >= 0.6 is 11.8 Å². The molecule has 2 atom stereocenters. The summed E-state index contributed by atoms with van der Waals surface area (Å²) in [7, 11) is 1.82. The third-order valence-corrected chi connectivity index (χ3v) is 3.05. The van der Waals surface area contributed by atoms with Crippen molar-refractivity contribution in [3.63, 3.8) is 0 Å². The molecule has 0 aromatic carbocycles. The van der Waals surface area contributed by atoms with Gasteiger partial charge in [0.25, 0.3) is 0 Å². The van der Waals surface area contributed by atoms with Gasteiger partial charge in [-0.3, -0.25) is 4.79 Å². The average Bonchev–Trinajstić information content (AvgIpc) is 2.13. The monoisotopic (exact) mass is 219 g/mol. The van der Waals surface area contributed by atoms with Gasteiger partial charge in [-0.15, -0.1) is 0 Å². The Morgan fingerprint density at radius 3 is 2.50 bits per heavy atom. The summed E-state index contributed by atoms with van der Waals surface area (Å²) in [5.74, 6) is 1.07. The van der Waals surface area contributed by atoms with Gasteiger partial charge in [-0.1, -0.05) is 0 Å². The Kier molecular flexibility index (Phi) is 7.01. The molecule has 0 aromatic heterocycles. The number of hydrogen-bond acceptors (Lipinski definition) is 3. The minimum atomic E-state index is -0.386. The molecule has 0 fully saturated rings. The lowest BCUT2D eigenvalue weighted by Gasteiger charge is -2.24. The normalized spacial score (nSPS) is 14.9. The van der Waals surface area contributed by atoms with Crippen molar-refractivity contribution in [2.24, 2.45) is 0 Å². The number of carbonyl (C=O) groups excluding carboxylic acids is 1. The second-order valence-electron chi connectivity index (χ2n) is 3.70. The Morgan fingerprint density at radius 2 is 2.07 bits per heavy atom. The summed E-state index contributed by atoms with van der Waals surface area (Å²) in [4.78, 5) is 13.3. The maximum atomic E-state index is 11.6. The van der Waals surface area contributed by atoms with E-state index in [2.05, 4.69) is 0 Å². The van der Waals surface area contributed by atoms with Crippen LogP contribution in [-0.2, 0) is 4.79 Å². The van der Waals surface area contributed by atoms with Gasteiger partial charge in [0.2, 0.25) is 5.91 Å². The molecule has 0 radical (unpaired) electrons. The topological polar surface area (TPSA) is 40.5 Å².